The minimum Gasteiger partial charge on any atom is -0.478 e. The van der Waals surface area contributed by atoms with Gasteiger partial charge in [0.05, 0.1) is 0 Å². The van der Waals surface area contributed by atoms with Gasteiger partial charge in [-0.25, -0.2) is 4.79 Å². The maximum absolute atomic E-state index is 11.7. The highest BCUT2D eigenvalue weighted by molar-refractivity contribution is 5.94. The van der Waals surface area contributed by atoms with E-state index in [-0.39, 0.29) is 5.91 Å². The average molecular weight is 260 g/mol. The van der Waals surface area contributed by atoms with Gasteiger partial charge in [-0.1, -0.05) is 18.2 Å². The lowest BCUT2D eigenvalue weighted by Crippen LogP contribution is -2.48. The number of anilines is 1. The summed E-state index contributed by atoms with van der Waals surface area (Å²) in [6, 6.07) is 10.0. The molecule has 0 saturated carbocycles. The smallest absolute Gasteiger partial charge is 0.328 e. The van der Waals surface area contributed by atoms with Gasteiger partial charge in [0.1, 0.15) is 0 Å². The minimum atomic E-state index is -1.10. The van der Waals surface area contributed by atoms with E-state index in [0.29, 0.717) is 13.1 Å². The number of benzene rings is 1. The number of carboxylic acids is 1. The highest BCUT2D eigenvalue weighted by Crippen LogP contribution is 2.15. The summed E-state index contributed by atoms with van der Waals surface area (Å²) in [6.45, 7) is 2.74. The summed E-state index contributed by atoms with van der Waals surface area (Å²) in [7, 11) is 0. The van der Waals surface area contributed by atoms with Crippen molar-refractivity contribution in [1.29, 1.82) is 0 Å². The molecule has 0 aliphatic carbocycles. The molecule has 0 aromatic heterocycles. The monoisotopic (exact) mass is 260 g/mol. The van der Waals surface area contributed by atoms with Crippen molar-refractivity contribution in [3.8, 4) is 0 Å². The van der Waals surface area contributed by atoms with Crippen LogP contribution in [-0.4, -0.2) is 48.1 Å². The van der Waals surface area contributed by atoms with E-state index in [4.69, 9.17) is 5.11 Å². The van der Waals surface area contributed by atoms with E-state index >= 15 is 0 Å². The first-order chi connectivity index (χ1) is 9.16. The summed E-state index contributed by atoms with van der Waals surface area (Å²) in [5.74, 6) is -1.34. The second-order valence-electron chi connectivity index (χ2n) is 4.32. The Morgan fingerprint density at radius 2 is 1.63 bits per heavy atom. The zero-order valence-electron chi connectivity index (χ0n) is 10.5. The number of amides is 1. The van der Waals surface area contributed by atoms with E-state index in [1.807, 2.05) is 30.3 Å². The molecule has 1 amide bonds. The molecule has 0 bridgehead atoms. The van der Waals surface area contributed by atoms with E-state index in [1.54, 1.807) is 4.90 Å². The number of carbonyl (C=O) groups excluding carboxylic acids is 1. The summed E-state index contributed by atoms with van der Waals surface area (Å²) in [6.07, 6.45) is 1.99. The lowest BCUT2D eigenvalue weighted by molar-refractivity contribution is -0.132. The Bertz CT molecular complexity index is 477. The molecule has 100 valence electrons. The highest BCUT2D eigenvalue weighted by atomic mass is 16.4. The van der Waals surface area contributed by atoms with Gasteiger partial charge in [-0.05, 0) is 12.1 Å². The molecule has 5 nitrogen and oxygen atoms in total. The number of piperazine rings is 1. The normalized spacial score (nSPS) is 15.8. The lowest BCUT2D eigenvalue weighted by Gasteiger charge is -2.35. The van der Waals surface area contributed by atoms with E-state index < -0.39 is 5.97 Å². The van der Waals surface area contributed by atoms with Gasteiger partial charge in [0.2, 0.25) is 5.91 Å². The molecular formula is C14H16N2O3. The molecule has 2 rings (SSSR count). The molecule has 0 unspecified atom stereocenters. The molecule has 1 heterocycles. The van der Waals surface area contributed by atoms with Crippen molar-refractivity contribution in [2.24, 2.45) is 0 Å². The molecular weight excluding hydrogens is 244 g/mol. The van der Waals surface area contributed by atoms with Crippen LogP contribution >= 0.6 is 0 Å². The molecule has 1 aromatic carbocycles. The number of hydrogen-bond acceptors (Lipinski definition) is 3. The molecule has 5 heteroatoms. The molecule has 1 aliphatic heterocycles. The molecule has 1 fully saturated rings. The third kappa shape index (κ3) is 3.58. The fourth-order valence-electron chi connectivity index (χ4n) is 2.07. The van der Waals surface area contributed by atoms with Crippen molar-refractivity contribution in [3.63, 3.8) is 0 Å². The number of carbonyl (C=O) groups is 2. The van der Waals surface area contributed by atoms with Crippen molar-refractivity contribution in [2.45, 2.75) is 0 Å². The summed E-state index contributed by atoms with van der Waals surface area (Å²) < 4.78 is 0. The maximum Gasteiger partial charge on any atom is 0.328 e. The molecule has 1 N–H and O–H groups in total. The van der Waals surface area contributed by atoms with Crippen LogP contribution in [0.5, 0.6) is 0 Å². The number of carboxylic acid groups (broad SMARTS) is 1. The molecule has 1 aromatic rings. The van der Waals surface area contributed by atoms with Crippen molar-refractivity contribution in [1.82, 2.24) is 4.90 Å². The third-order valence-corrected chi connectivity index (χ3v) is 3.08. The second kappa shape index (κ2) is 6.04. The Morgan fingerprint density at radius 1 is 1.00 bits per heavy atom. The van der Waals surface area contributed by atoms with Crippen LogP contribution in [0.3, 0.4) is 0 Å². The van der Waals surface area contributed by atoms with Crippen LogP contribution in [0.4, 0.5) is 5.69 Å². The fraction of sp³-hybridized carbons (Fsp3) is 0.286. The zero-order chi connectivity index (χ0) is 13.7. The van der Waals surface area contributed by atoms with Crippen molar-refractivity contribution >= 4 is 17.6 Å². The van der Waals surface area contributed by atoms with Gasteiger partial charge in [-0.3, -0.25) is 4.79 Å². The van der Waals surface area contributed by atoms with Crippen LogP contribution in [0.2, 0.25) is 0 Å². The van der Waals surface area contributed by atoms with E-state index in [9.17, 15) is 9.59 Å². The lowest BCUT2D eigenvalue weighted by atomic mass is 10.2. The Morgan fingerprint density at radius 3 is 2.21 bits per heavy atom. The molecule has 1 saturated heterocycles. The largest absolute Gasteiger partial charge is 0.478 e. The predicted molar refractivity (Wildman–Crippen MR) is 72.0 cm³/mol. The average Bonchev–Trinajstić information content (AvgIpc) is 2.46. The molecule has 0 radical (unpaired) electrons. The number of aliphatic carboxylic acids is 1. The van der Waals surface area contributed by atoms with Crippen LogP contribution in [0.15, 0.2) is 42.5 Å². The topological polar surface area (TPSA) is 60.9 Å². The van der Waals surface area contributed by atoms with Gasteiger partial charge in [0, 0.05) is 44.0 Å². The third-order valence-electron chi connectivity index (χ3n) is 3.08. The summed E-state index contributed by atoms with van der Waals surface area (Å²) in [5, 5.41) is 8.49. The summed E-state index contributed by atoms with van der Waals surface area (Å²) in [5.41, 5.74) is 1.15. The van der Waals surface area contributed by atoms with Crippen molar-refractivity contribution in [3.05, 3.63) is 42.5 Å². The van der Waals surface area contributed by atoms with Crippen LogP contribution in [0.25, 0.3) is 0 Å². The number of hydrogen-bond donors (Lipinski definition) is 1. The van der Waals surface area contributed by atoms with Gasteiger partial charge in [-0.15, -0.1) is 0 Å². The summed E-state index contributed by atoms with van der Waals surface area (Å²) >= 11 is 0. The number of para-hydroxylation sites is 1. The first-order valence-corrected chi connectivity index (χ1v) is 6.17. The minimum absolute atomic E-state index is 0.241. The number of nitrogens with zero attached hydrogens (tertiary/aromatic N) is 2. The van der Waals surface area contributed by atoms with E-state index in [2.05, 4.69) is 4.90 Å². The Balaban J connectivity index is 1.89. The van der Waals surface area contributed by atoms with Crippen LogP contribution < -0.4 is 4.90 Å². The quantitative estimate of drug-likeness (QED) is 0.823. The Hall–Kier alpha value is -2.30. The zero-order valence-corrected chi connectivity index (χ0v) is 10.5. The van der Waals surface area contributed by atoms with E-state index in [0.717, 1.165) is 30.9 Å². The molecule has 1 aliphatic rings. The van der Waals surface area contributed by atoms with Crippen LogP contribution in [0, 0.1) is 0 Å². The number of rotatable bonds is 3. The summed E-state index contributed by atoms with van der Waals surface area (Å²) in [4.78, 5) is 25.9. The maximum atomic E-state index is 11.7. The standard InChI is InChI=1S/C14H16N2O3/c17-13(6-7-14(18)19)16-10-8-15(9-11-16)12-4-2-1-3-5-12/h1-7H,8-11H2,(H,18,19)/b7-6+. The van der Waals surface area contributed by atoms with Gasteiger partial charge in [-0.2, -0.15) is 0 Å². The fourth-order valence-corrected chi connectivity index (χ4v) is 2.07. The molecule has 0 atom stereocenters. The SMILES string of the molecule is O=C(O)/C=C/C(=O)N1CCN(c2ccccc2)CC1. The Kier molecular flexibility index (Phi) is 4.18. The first kappa shape index (κ1) is 13.1. The van der Waals surface area contributed by atoms with Gasteiger partial charge >= 0.3 is 5.97 Å². The highest BCUT2D eigenvalue weighted by Gasteiger charge is 2.19. The van der Waals surface area contributed by atoms with Crippen molar-refractivity contribution < 1.29 is 14.7 Å². The van der Waals surface area contributed by atoms with Crippen LogP contribution in [-0.2, 0) is 9.59 Å². The van der Waals surface area contributed by atoms with Gasteiger partial charge in [0.25, 0.3) is 0 Å². The molecule has 19 heavy (non-hydrogen) atoms. The van der Waals surface area contributed by atoms with Crippen LogP contribution in [0.1, 0.15) is 0 Å². The first-order valence-electron chi connectivity index (χ1n) is 6.17. The predicted octanol–water partition coefficient (Wildman–Crippen LogP) is 0.976. The molecule has 0 spiro atoms. The van der Waals surface area contributed by atoms with Crippen molar-refractivity contribution in [2.75, 3.05) is 31.1 Å². The van der Waals surface area contributed by atoms with E-state index in [1.165, 1.54) is 0 Å². The van der Waals surface area contributed by atoms with Gasteiger partial charge < -0.3 is 14.9 Å². The Labute approximate surface area is 111 Å². The van der Waals surface area contributed by atoms with Gasteiger partial charge in [0.15, 0.2) is 0 Å². The second-order valence-corrected chi connectivity index (χ2v) is 4.32.